The Morgan fingerprint density at radius 1 is 0.972 bits per heavy atom. The zero-order valence-corrected chi connectivity index (χ0v) is 20.5. The third-order valence-electron chi connectivity index (χ3n) is 6.18. The van der Waals surface area contributed by atoms with Gasteiger partial charge in [-0.15, -0.1) is 10.2 Å². The van der Waals surface area contributed by atoms with Crippen molar-refractivity contribution in [3.63, 3.8) is 0 Å². The molecule has 1 unspecified atom stereocenters. The van der Waals surface area contributed by atoms with Crippen LogP contribution < -0.4 is 14.4 Å². The number of aliphatic hydroxyl groups is 1. The van der Waals surface area contributed by atoms with Crippen LogP contribution in [0.3, 0.4) is 0 Å². The van der Waals surface area contributed by atoms with Crippen LogP contribution in [0.1, 0.15) is 17.4 Å². The van der Waals surface area contributed by atoms with Gasteiger partial charge in [0.2, 0.25) is 11.8 Å². The van der Waals surface area contributed by atoms with E-state index >= 15 is 4.39 Å². The first-order valence-corrected chi connectivity index (χ1v) is 11.7. The summed E-state index contributed by atoms with van der Waals surface area (Å²) in [5, 5.41) is 19.7. The van der Waals surface area contributed by atoms with Crippen LogP contribution in [0.25, 0.3) is 22.0 Å². The fraction of sp³-hybridized carbons (Fsp3) is 0.269. The summed E-state index contributed by atoms with van der Waals surface area (Å²) < 4.78 is 31.2. The van der Waals surface area contributed by atoms with Crippen LogP contribution in [0.2, 0.25) is 5.02 Å². The molecular weight excluding hydrogens is 487 g/mol. The van der Waals surface area contributed by atoms with Crippen molar-refractivity contribution < 1.29 is 23.7 Å². The summed E-state index contributed by atoms with van der Waals surface area (Å²) in [7, 11) is 2.99. The maximum absolute atomic E-state index is 15.3. The second-order valence-electron chi connectivity index (χ2n) is 8.27. The van der Waals surface area contributed by atoms with Crippen LogP contribution in [0.15, 0.2) is 48.5 Å². The van der Waals surface area contributed by atoms with E-state index in [1.165, 1.54) is 26.4 Å². The molecule has 1 saturated heterocycles. The van der Waals surface area contributed by atoms with E-state index in [0.29, 0.717) is 41.6 Å². The van der Waals surface area contributed by atoms with Gasteiger partial charge in [0, 0.05) is 52.4 Å². The molecule has 0 amide bonds. The number of halogens is 2. The number of aliphatic hydroxyl groups excluding tert-OH is 1. The highest BCUT2D eigenvalue weighted by molar-refractivity contribution is 6.31. The first-order valence-electron chi connectivity index (χ1n) is 11.3. The van der Waals surface area contributed by atoms with Gasteiger partial charge >= 0.3 is 0 Å². The number of ether oxygens (including phenoxy) is 3. The molecule has 2 aromatic heterocycles. The molecule has 3 heterocycles. The zero-order valence-electron chi connectivity index (χ0n) is 19.7. The molecule has 0 aliphatic carbocycles. The highest BCUT2D eigenvalue weighted by atomic mass is 35.5. The number of methoxy groups -OCH3 is 2. The molecule has 1 atom stereocenters. The Labute approximate surface area is 212 Å². The molecule has 1 N–H and O–H groups in total. The number of fused-ring (bicyclic) bond motifs is 1. The lowest BCUT2D eigenvalue weighted by atomic mass is 9.96. The summed E-state index contributed by atoms with van der Waals surface area (Å²) in [4.78, 5) is 6.82. The number of hydrogen-bond donors (Lipinski definition) is 1. The minimum atomic E-state index is -1.22. The monoisotopic (exact) mass is 510 g/mol. The first-order chi connectivity index (χ1) is 17.5. The number of rotatable bonds is 6. The molecule has 1 aliphatic heterocycles. The average molecular weight is 511 g/mol. The minimum absolute atomic E-state index is 0.0706. The summed E-state index contributed by atoms with van der Waals surface area (Å²) in [6.07, 6.45) is -1.22. The van der Waals surface area contributed by atoms with Gasteiger partial charge in [0.05, 0.1) is 38.6 Å². The molecule has 36 heavy (non-hydrogen) atoms. The van der Waals surface area contributed by atoms with E-state index in [2.05, 4.69) is 20.1 Å². The summed E-state index contributed by atoms with van der Waals surface area (Å²) in [6.45, 7) is 2.89. The van der Waals surface area contributed by atoms with E-state index < -0.39 is 11.9 Å². The maximum atomic E-state index is 15.3. The van der Waals surface area contributed by atoms with E-state index in [9.17, 15) is 5.11 Å². The average Bonchev–Trinajstić information content (AvgIpc) is 2.92. The van der Waals surface area contributed by atoms with E-state index in [-0.39, 0.29) is 16.3 Å². The molecule has 5 rings (SSSR count). The summed E-state index contributed by atoms with van der Waals surface area (Å²) in [6, 6.07) is 13.4. The van der Waals surface area contributed by atoms with Crippen molar-refractivity contribution in [2.75, 3.05) is 45.4 Å². The molecule has 1 aliphatic rings. The van der Waals surface area contributed by atoms with E-state index in [1.54, 1.807) is 18.2 Å². The standard InChI is InChI=1S/C26H24ClFN4O4/c1-34-24-6-5-22(30-31-24)26(33)19-12-18(21(28)14-20(19)27)17-13-25(35-2)29-23-11-15(3-4-16(17)23)32-7-9-36-10-8-32/h3-6,11-14,26,33H,7-10H2,1-2H3. The number of morpholine rings is 1. The van der Waals surface area contributed by atoms with E-state index in [4.69, 9.17) is 25.8 Å². The van der Waals surface area contributed by atoms with Gasteiger partial charge in [-0.1, -0.05) is 17.7 Å². The van der Waals surface area contributed by atoms with Crippen molar-refractivity contribution in [3.05, 3.63) is 70.6 Å². The van der Waals surface area contributed by atoms with Crippen molar-refractivity contribution in [1.29, 1.82) is 0 Å². The first kappa shape index (κ1) is 24.2. The number of nitrogens with zero attached hydrogens (tertiary/aromatic N) is 4. The largest absolute Gasteiger partial charge is 0.481 e. The fourth-order valence-electron chi connectivity index (χ4n) is 4.26. The zero-order chi connectivity index (χ0) is 25.2. The lowest BCUT2D eigenvalue weighted by Crippen LogP contribution is -2.36. The fourth-order valence-corrected chi connectivity index (χ4v) is 4.52. The lowest BCUT2D eigenvalue weighted by molar-refractivity contribution is 0.122. The number of hydrogen-bond acceptors (Lipinski definition) is 8. The van der Waals surface area contributed by atoms with Crippen LogP contribution >= 0.6 is 11.6 Å². The molecule has 186 valence electrons. The summed E-state index contributed by atoms with van der Waals surface area (Å²) >= 11 is 6.35. The molecular formula is C26H24ClFN4O4. The van der Waals surface area contributed by atoms with Crippen molar-refractivity contribution in [3.8, 4) is 22.9 Å². The molecule has 0 spiro atoms. The van der Waals surface area contributed by atoms with Gasteiger partial charge in [-0.2, -0.15) is 0 Å². The van der Waals surface area contributed by atoms with Crippen LogP contribution in [-0.2, 0) is 4.74 Å². The Hall–Kier alpha value is -3.53. The van der Waals surface area contributed by atoms with Crippen LogP contribution in [-0.4, -0.2) is 60.8 Å². The Bertz CT molecular complexity index is 1400. The number of pyridine rings is 1. The Morgan fingerprint density at radius 3 is 2.44 bits per heavy atom. The molecule has 0 radical (unpaired) electrons. The molecule has 0 bridgehead atoms. The van der Waals surface area contributed by atoms with E-state index in [1.807, 2.05) is 18.2 Å². The molecule has 2 aromatic carbocycles. The van der Waals surface area contributed by atoms with Gasteiger partial charge in [0.1, 0.15) is 11.9 Å². The SMILES string of the molecule is COc1ccc(C(O)c2cc(-c3cc(OC)nc4cc(N5CCOCC5)ccc34)c(F)cc2Cl)nn1. The topological polar surface area (TPSA) is 89.8 Å². The lowest BCUT2D eigenvalue weighted by Gasteiger charge is -2.29. The van der Waals surface area contributed by atoms with Gasteiger partial charge in [-0.05, 0) is 35.9 Å². The third-order valence-corrected chi connectivity index (χ3v) is 6.50. The second-order valence-corrected chi connectivity index (χ2v) is 8.68. The number of anilines is 1. The van der Waals surface area contributed by atoms with Gasteiger partial charge in [-0.3, -0.25) is 0 Å². The van der Waals surface area contributed by atoms with Crippen molar-refractivity contribution in [1.82, 2.24) is 15.2 Å². The molecule has 8 nitrogen and oxygen atoms in total. The van der Waals surface area contributed by atoms with Crippen molar-refractivity contribution in [2.45, 2.75) is 6.10 Å². The normalized spacial score (nSPS) is 14.6. The minimum Gasteiger partial charge on any atom is -0.481 e. The van der Waals surface area contributed by atoms with Crippen molar-refractivity contribution in [2.24, 2.45) is 0 Å². The maximum Gasteiger partial charge on any atom is 0.233 e. The van der Waals surface area contributed by atoms with Crippen molar-refractivity contribution >= 4 is 28.2 Å². The van der Waals surface area contributed by atoms with Crippen LogP contribution in [0, 0.1) is 5.82 Å². The summed E-state index contributed by atoms with van der Waals surface area (Å²) in [5.41, 5.74) is 3.02. The number of aromatic nitrogens is 3. The van der Waals surface area contributed by atoms with Gasteiger partial charge in [-0.25, -0.2) is 9.37 Å². The van der Waals surface area contributed by atoms with Gasteiger partial charge in [0.15, 0.2) is 0 Å². The van der Waals surface area contributed by atoms with Gasteiger partial charge < -0.3 is 24.2 Å². The predicted molar refractivity (Wildman–Crippen MR) is 134 cm³/mol. The Balaban J connectivity index is 1.61. The molecule has 0 saturated carbocycles. The Morgan fingerprint density at radius 2 is 1.75 bits per heavy atom. The number of benzene rings is 2. The molecule has 4 aromatic rings. The van der Waals surface area contributed by atoms with Crippen LogP contribution in [0.4, 0.5) is 10.1 Å². The van der Waals surface area contributed by atoms with Crippen LogP contribution in [0.5, 0.6) is 11.8 Å². The molecule has 1 fully saturated rings. The van der Waals surface area contributed by atoms with Gasteiger partial charge in [0.25, 0.3) is 0 Å². The smallest absolute Gasteiger partial charge is 0.233 e. The second kappa shape index (κ2) is 10.2. The quantitative estimate of drug-likeness (QED) is 0.408. The van der Waals surface area contributed by atoms with E-state index in [0.717, 1.165) is 24.2 Å². The highest BCUT2D eigenvalue weighted by Gasteiger charge is 2.22. The predicted octanol–water partition coefficient (Wildman–Crippen LogP) is 4.42. The highest BCUT2D eigenvalue weighted by Crippen LogP contribution is 2.38. The Kier molecular flexibility index (Phi) is 6.86. The summed E-state index contributed by atoms with van der Waals surface area (Å²) in [5.74, 6) is 0.112. The third kappa shape index (κ3) is 4.65. The molecule has 10 heteroatoms.